The number of amides is 2. The van der Waals surface area contributed by atoms with Crippen LogP contribution < -0.4 is 5.32 Å². The van der Waals surface area contributed by atoms with Gasteiger partial charge in [0.2, 0.25) is 11.8 Å². The zero-order valence-corrected chi connectivity index (χ0v) is 18.0. The monoisotopic (exact) mass is 453 g/mol. The van der Waals surface area contributed by atoms with Crippen molar-refractivity contribution in [2.45, 2.75) is 33.7 Å². The van der Waals surface area contributed by atoms with Crippen molar-refractivity contribution in [1.29, 1.82) is 0 Å². The van der Waals surface area contributed by atoms with Gasteiger partial charge in [-0.1, -0.05) is 13.8 Å². The summed E-state index contributed by atoms with van der Waals surface area (Å²) in [7, 11) is 3.45. The van der Waals surface area contributed by atoms with Crippen molar-refractivity contribution < 1.29 is 9.59 Å². The minimum atomic E-state index is -0.0262. The summed E-state index contributed by atoms with van der Waals surface area (Å²) in [6.45, 7) is 10.9. The van der Waals surface area contributed by atoms with Gasteiger partial charge in [-0.15, -0.1) is 24.0 Å². The third kappa shape index (κ3) is 7.23. The van der Waals surface area contributed by atoms with E-state index in [9.17, 15) is 9.59 Å². The summed E-state index contributed by atoms with van der Waals surface area (Å²) in [6, 6.07) is 0.235. The van der Waals surface area contributed by atoms with E-state index in [-0.39, 0.29) is 54.3 Å². The van der Waals surface area contributed by atoms with E-state index in [1.54, 1.807) is 14.1 Å². The molecule has 0 saturated carbocycles. The van der Waals surface area contributed by atoms with E-state index in [0.29, 0.717) is 13.1 Å². The van der Waals surface area contributed by atoms with Gasteiger partial charge in [-0.2, -0.15) is 0 Å². The molecule has 7 nitrogen and oxygen atoms in total. The average Bonchev–Trinajstić information content (AvgIpc) is 2.49. The van der Waals surface area contributed by atoms with E-state index in [1.807, 2.05) is 32.6 Å². The molecule has 0 aromatic rings. The Kier molecular flexibility index (Phi) is 10.3. The van der Waals surface area contributed by atoms with Crippen LogP contribution in [0.5, 0.6) is 0 Å². The van der Waals surface area contributed by atoms with Gasteiger partial charge in [-0.05, 0) is 13.8 Å². The largest absolute Gasteiger partial charge is 0.354 e. The molecule has 0 bridgehead atoms. The highest BCUT2D eigenvalue weighted by Gasteiger charge is 2.24. The fourth-order valence-electron chi connectivity index (χ4n) is 2.28. The van der Waals surface area contributed by atoms with Gasteiger partial charge in [0.15, 0.2) is 5.96 Å². The summed E-state index contributed by atoms with van der Waals surface area (Å²) in [5.74, 6) is 0.942. The minimum absolute atomic E-state index is 0. The second kappa shape index (κ2) is 10.7. The number of hydrogen-bond acceptors (Lipinski definition) is 3. The molecule has 24 heavy (non-hydrogen) atoms. The van der Waals surface area contributed by atoms with Crippen molar-refractivity contribution in [3.63, 3.8) is 0 Å². The topological polar surface area (TPSA) is 68.2 Å². The van der Waals surface area contributed by atoms with Crippen molar-refractivity contribution in [1.82, 2.24) is 20.0 Å². The second-order valence-corrected chi connectivity index (χ2v) is 6.69. The van der Waals surface area contributed by atoms with Crippen molar-refractivity contribution >= 4 is 41.8 Å². The van der Waals surface area contributed by atoms with Gasteiger partial charge in [0.25, 0.3) is 0 Å². The van der Waals surface area contributed by atoms with E-state index in [1.165, 1.54) is 4.90 Å². The van der Waals surface area contributed by atoms with Gasteiger partial charge in [0.05, 0.1) is 0 Å². The Morgan fingerprint density at radius 3 is 1.96 bits per heavy atom. The summed E-state index contributed by atoms with van der Waals surface area (Å²) in [4.78, 5) is 33.8. The maximum Gasteiger partial charge on any atom is 0.243 e. The van der Waals surface area contributed by atoms with E-state index in [0.717, 1.165) is 19.0 Å². The van der Waals surface area contributed by atoms with Gasteiger partial charge < -0.3 is 20.0 Å². The summed E-state index contributed by atoms with van der Waals surface area (Å²) >= 11 is 0. The Bertz CT molecular complexity index is 444. The van der Waals surface area contributed by atoms with Gasteiger partial charge in [0, 0.05) is 52.2 Å². The predicted molar refractivity (Wildman–Crippen MR) is 108 cm³/mol. The molecule has 1 N–H and O–H groups in total. The molecule has 1 saturated heterocycles. The molecule has 0 spiro atoms. The first-order chi connectivity index (χ1) is 10.7. The molecule has 1 aliphatic heterocycles. The molecular weight excluding hydrogens is 421 g/mol. The van der Waals surface area contributed by atoms with E-state index < -0.39 is 0 Å². The number of piperazine rings is 1. The van der Waals surface area contributed by atoms with Crippen LogP contribution >= 0.6 is 24.0 Å². The first-order valence-electron chi connectivity index (χ1n) is 8.27. The van der Waals surface area contributed by atoms with Crippen LogP contribution in [0.2, 0.25) is 0 Å². The number of nitrogens with zero attached hydrogens (tertiary/aromatic N) is 4. The Morgan fingerprint density at radius 2 is 1.54 bits per heavy atom. The molecule has 140 valence electrons. The molecule has 0 aromatic heterocycles. The lowest BCUT2D eigenvalue weighted by Gasteiger charge is -2.37. The Balaban J connectivity index is 0.00000529. The van der Waals surface area contributed by atoms with Crippen molar-refractivity contribution in [3.05, 3.63) is 0 Å². The lowest BCUT2D eigenvalue weighted by Crippen LogP contribution is -2.55. The molecule has 0 aliphatic carbocycles. The molecule has 1 rings (SSSR count). The maximum atomic E-state index is 12.1. The van der Waals surface area contributed by atoms with Crippen LogP contribution in [0, 0.1) is 5.92 Å². The molecule has 0 atom stereocenters. The molecule has 1 aliphatic rings. The molecule has 8 heteroatoms. The lowest BCUT2D eigenvalue weighted by atomic mass is 10.1. The van der Waals surface area contributed by atoms with Crippen LogP contribution in [0.15, 0.2) is 4.99 Å². The number of hydrogen-bond donors (Lipinski definition) is 1. The number of halogens is 1. The number of aliphatic imine (C=N–C) groups is 1. The number of carbonyl (C=O) groups excluding carboxylic acids is 2. The first kappa shape index (κ1) is 22.9. The van der Waals surface area contributed by atoms with Gasteiger partial charge in [0.1, 0.15) is 6.54 Å². The number of rotatable bonds is 4. The molecular formula is C16H32IN5O2. The SMILES string of the molecule is CC(C)NC(=NCC(=O)N(C)C)N1CCN(C(=O)C(C)C)CC1.I. The van der Waals surface area contributed by atoms with Crippen LogP contribution in [0.1, 0.15) is 27.7 Å². The smallest absolute Gasteiger partial charge is 0.243 e. The normalized spacial score (nSPS) is 15.4. The van der Waals surface area contributed by atoms with Gasteiger partial charge >= 0.3 is 0 Å². The highest BCUT2D eigenvalue weighted by atomic mass is 127. The van der Waals surface area contributed by atoms with Crippen LogP contribution in [-0.4, -0.2) is 85.3 Å². The summed E-state index contributed by atoms with van der Waals surface area (Å²) in [5.41, 5.74) is 0. The van der Waals surface area contributed by atoms with E-state index in [2.05, 4.69) is 15.2 Å². The zero-order valence-electron chi connectivity index (χ0n) is 15.7. The standard InChI is InChI=1S/C16H31N5O2.HI/c1-12(2)15(23)20-7-9-21(10-8-20)16(18-13(3)4)17-11-14(22)19(5)6;/h12-13H,7-11H2,1-6H3,(H,17,18);1H. The molecule has 1 heterocycles. The quantitative estimate of drug-likeness (QED) is 0.390. The highest BCUT2D eigenvalue weighted by Crippen LogP contribution is 2.07. The molecule has 1 fully saturated rings. The van der Waals surface area contributed by atoms with Crippen LogP contribution in [-0.2, 0) is 9.59 Å². The summed E-state index contributed by atoms with van der Waals surface area (Å²) < 4.78 is 0. The second-order valence-electron chi connectivity index (χ2n) is 6.69. The fourth-order valence-corrected chi connectivity index (χ4v) is 2.28. The molecule has 2 amide bonds. The summed E-state index contributed by atoms with van der Waals surface area (Å²) in [6.07, 6.45) is 0. The van der Waals surface area contributed by atoms with Crippen LogP contribution in [0.4, 0.5) is 0 Å². The summed E-state index contributed by atoms with van der Waals surface area (Å²) in [5, 5.41) is 3.31. The predicted octanol–water partition coefficient (Wildman–Crippen LogP) is 0.847. The lowest BCUT2D eigenvalue weighted by molar-refractivity contribution is -0.135. The van der Waals surface area contributed by atoms with Gasteiger partial charge in [-0.25, -0.2) is 4.99 Å². The third-order valence-corrected chi connectivity index (χ3v) is 3.67. The van der Waals surface area contributed by atoms with Crippen molar-refractivity contribution in [3.8, 4) is 0 Å². The molecule has 0 aromatic carbocycles. The fraction of sp³-hybridized carbons (Fsp3) is 0.812. The van der Waals surface area contributed by atoms with Crippen molar-refractivity contribution in [2.75, 3.05) is 46.8 Å². The molecule has 0 unspecified atom stereocenters. The Hall–Kier alpha value is -1.06. The van der Waals surface area contributed by atoms with Gasteiger partial charge in [-0.3, -0.25) is 9.59 Å². The number of likely N-dealkylation sites (N-methyl/N-ethyl adjacent to an activating group) is 1. The first-order valence-corrected chi connectivity index (χ1v) is 8.27. The zero-order chi connectivity index (χ0) is 17.6. The number of guanidine groups is 1. The number of carbonyl (C=O) groups is 2. The highest BCUT2D eigenvalue weighted by molar-refractivity contribution is 14.0. The van der Waals surface area contributed by atoms with E-state index >= 15 is 0 Å². The van der Waals surface area contributed by atoms with Crippen molar-refractivity contribution in [2.24, 2.45) is 10.9 Å². The maximum absolute atomic E-state index is 12.1. The number of nitrogens with one attached hydrogen (secondary N) is 1. The van der Waals surface area contributed by atoms with Crippen LogP contribution in [0.25, 0.3) is 0 Å². The minimum Gasteiger partial charge on any atom is -0.354 e. The van der Waals surface area contributed by atoms with Crippen LogP contribution in [0.3, 0.4) is 0 Å². The average molecular weight is 453 g/mol. The third-order valence-electron chi connectivity index (χ3n) is 3.67. The Labute approximate surface area is 162 Å². The Morgan fingerprint density at radius 1 is 1.04 bits per heavy atom. The van der Waals surface area contributed by atoms with E-state index in [4.69, 9.17) is 0 Å². The molecule has 0 radical (unpaired) electrons.